The molecule has 0 radical (unpaired) electrons. The minimum absolute atomic E-state index is 0.115. The zero-order valence-electron chi connectivity index (χ0n) is 16.4. The summed E-state index contributed by atoms with van der Waals surface area (Å²) in [4.78, 5) is 26.1. The zero-order valence-corrected chi connectivity index (χ0v) is 16.4. The lowest BCUT2D eigenvalue weighted by Gasteiger charge is -2.43. The van der Waals surface area contributed by atoms with Crippen LogP contribution in [-0.2, 0) is 16.0 Å². The number of nitrogens with zero attached hydrogens (tertiary/aromatic N) is 1. The van der Waals surface area contributed by atoms with Gasteiger partial charge in [0.15, 0.2) is 0 Å². The average Bonchev–Trinajstić information content (AvgIpc) is 3.49. The monoisotopic (exact) mass is 390 g/mol. The minimum Gasteiger partial charge on any atom is -0.497 e. The van der Waals surface area contributed by atoms with Gasteiger partial charge >= 0.3 is 5.97 Å². The first kappa shape index (κ1) is 20.6. The Balaban J connectivity index is 1.48. The third-order valence-corrected chi connectivity index (χ3v) is 5.90. The van der Waals surface area contributed by atoms with Crippen molar-refractivity contribution in [1.82, 2.24) is 10.2 Å². The third kappa shape index (κ3) is 5.02. The van der Waals surface area contributed by atoms with Gasteiger partial charge in [0.2, 0.25) is 5.91 Å². The summed E-state index contributed by atoms with van der Waals surface area (Å²) in [7, 11) is 1.62. The van der Waals surface area contributed by atoms with Gasteiger partial charge in [0.25, 0.3) is 0 Å². The smallest absolute Gasteiger partial charge is 0.313 e. The largest absolute Gasteiger partial charge is 0.497 e. The number of benzene rings is 1. The Kier molecular flexibility index (Phi) is 6.57. The summed E-state index contributed by atoms with van der Waals surface area (Å²) in [6, 6.07) is 7.72. The molecule has 2 aliphatic rings. The number of aliphatic hydroxyl groups excluding tert-OH is 1. The molecule has 3 rings (SSSR count). The highest BCUT2D eigenvalue weighted by Crippen LogP contribution is 2.45. The maximum atomic E-state index is 12.3. The van der Waals surface area contributed by atoms with Crippen molar-refractivity contribution in [3.05, 3.63) is 29.8 Å². The number of carbonyl (C=O) groups excluding carboxylic acids is 1. The number of aliphatic hydroxyl groups is 1. The van der Waals surface area contributed by atoms with Crippen molar-refractivity contribution in [3.63, 3.8) is 0 Å². The molecule has 1 aliphatic heterocycles. The second-order valence-corrected chi connectivity index (χ2v) is 8.07. The molecular formula is C21H30N2O5. The summed E-state index contributed by atoms with van der Waals surface area (Å²) in [5.74, 6) is 0.129. The molecule has 1 saturated heterocycles. The second-order valence-electron chi connectivity index (χ2n) is 8.07. The lowest BCUT2D eigenvalue weighted by atomic mass is 9.73. The number of amides is 1. The number of nitrogens with one attached hydrogen (secondary N) is 1. The van der Waals surface area contributed by atoms with Crippen molar-refractivity contribution >= 4 is 11.9 Å². The van der Waals surface area contributed by atoms with Crippen molar-refractivity contribution in [2.75, 3.05) is 33.3 Å². The molecule has 1 saturated carbocycles. The molecule has 0 bridgehead atoms. The van der Waals surface area contributed by atoms with E-state index in [4.69, 9.17) is 4.74 Å². The van der Waals surface area contributed by atoms with Gasteiger partial charge in [0.1, 0.15) is 11.2 Å². The van der Waals surface area contributed by atoms with Crippen LogP contribution in [0.15, 0.2) is 24.3 Å². The Morgan fingerprint density at radius 3 is 2.57 bits per heavy atom. The standard InChI is InChI=1S/C21H30N2O5/c1-28-17-6-4-15(5-7-17)8-10-22-19(25)13-23-11-9-18(24)21(14-23,20(26)27)12-16-2-3-16/h4-7,16,18,24H,2-3,8-14H2,1H3,(H,22,25)(H,26,27)/t18-,21-/m1/s1. The van der Waals surface area contributed by atoms with Gasteiger partial charge in [0, 0.05) is 19.6 Å². The lowest BCUT2D eigenvalue weighted by Crippen LogP contribution is -2.57. The molecule has 1 amide bonds. The normalized spacial score (nSPS) is 25.3. The van der Waals surface area contributed by atoms with Gasteiger partial charge in [-0.05, 0) is 42.9 Å². The van der Waals surface area contributed by atoms with Crippen molar-refractivity contribution < 1.29 is 24.5 Å². The summed E-state index contributed by atoms with van der Waals surface area (Å²) in [6.07, 6.45) is 2.83. The van der Waals surface area contributed by atoms with E-state index < -0.39 is 17.5 Å². The van der Waals surface area contributed by atoms with Gasteiger partial charge in [0.05, 0.1) is 19.8 Å². The maximum Gasteiger partial charge on any atom is 0.313 e. The summed E-state index contributed by atoms with van der Waals surface area (Å²) >= 11 is 0. The highest BCUT2D eigenvalue weighted by Gasteiger charge is 2.51. The van der Waals surface area contributed by atoms with Crippen LogP contribution in [-0.4, -0.2) is 66.4 Å². The first-order valence-electron chi connectivity index (χ1n) is 9.96. The van der Waals surface area contributed by atoms with Crippen LogP contribution >= 0.6 is 0 Å². The molecule has 1 aromatic carbocycles. The highest BCUT2D eigenvalue weighted by molar-refractivity contribution is 5.79. The molecule has 154 valence electrons. The van der Waals surface area contributed by atoms with Crippen LogP contribution in [0.4, 0.5) is 0 Å². The molecule has 7 heteroatoms. The van der Waals surface area contributed by atoms with Crippen LogP contribution in [0.3, 0.4) is 0 Å². The maximum absolute atomic E-state index is 12.3. The number of rotatable bonds is 9. The van der Waals surface area contributed by atoms with E-state index in [2.05, 4.69) is 5.32 Å². The van der Waals surface area contributed by atoms with Crippen LogP contribution in [0.5, 0.6) is 5.75 Å². The van der Waals surface area contributed by atoms with E-state index in [0.717, 1.165) is 30.6 Å². The van der Waals surface area contributed by atoms with Gasteiger partial charge in [-0.1, -0.05) is 25.0 Å². The quantitative estimate of drug-likeness (QED) is 0.588. The number of carboxylic acids is 1. The topological polar surface area (TPSA) is 99.1 Å². The van der Waals surface area contributed by atoms with Crippen LogP contribution in [0.2, 0.25) is 0 Å². The second kappa shape index (κ2) is 8.92. The predicted molar refractivity (Wildman–Crippen MR) is 104 cm³/mol. The van der Waals surface area contributed by atoms with Gasteiger partial charge < -0.3 is 20.3 Å². The molecular weight excluding hydrogens is 360 g/mol. The third-order valence-electron chi connectivity index (χ3n) is 5.90. The fourth-order valence-corrected chi connectivity index (χ4v) is 4.03. The first-order valence-corrected chi connectivity index (χ1v) is 9.96. The van der Waals surface area contributed by atoms with E-state index in [1.165, 1.54) is 0 Å². The number of hydrogen-bond donors (Lipinski definition) is 3. The highest BCUT2D eigenvalue weighted by atomic mass is 16.5. The number of aliphatic carboxylic acids is 1. The Morgan fingerprint density at radius 1 is 1.25 bits per heavy atom. The minimum atomic E-state index is -1.15. The van der Waals surface area contributed by atoms with Crippen LogP contribution in [0, 0.1) is 11.3 Å². The Bertz CT molecular complexity index is 689. The molecule has 2 atom stereocenters. The molecule has 3 N–H and O–H groups in total. The van der Waals surface area contributed by atoms with Gasteiger partial charge in [-0.2, -0.15) is 0 Å². The number of carboxylic acid groups (broad SMARTS) is 1. The molecule has 1 aliphatic carbocycles. The number of piperidine rings is 1. The van der Waals surface area contributed by atoms with Crippen molar-refractivity contribution in [1.29, 1.82) is 0 Å². The van der Waals surface area contributed by atoms with Crippen LogP contribution < -0.4 is 10.1 Å². The summed E-state index contributed by atoms with van der Waals surface area (Å²) < 4.78 is 5.13. The SMILES string of the molecule is COc1ccc(CCNC(=O)CN2CC[C@@H](O)[C@](CC3CC3)(C(=O)O)C2)cc1. The fourth-order valence-electron chi connectivity index (χ4n) is 4.03. The number of methoxy groups -OCH3 is 1. The molecule has 0 unspecified atom stereocenters. The Morgan fingerprint density at radius 2 is 1.96 bits per heavy atom. The lowest BCUT2D eigenvalue weighted by molar-refractivity contribution is -0.165. The number of likely N-dealkylation sites (tertiary alicyclic amines) is 1. The predicted octanol–water partition coefficient (Wildman–Crippen LogP) is 1.29. The Hall–Kier alpha value is -2.12. The molecule has 2 fully saturated rings. The summed E-state index contributed by atoms with van der Waals surface area (Å²) in [5, 5.41) is 23.1. The average molecular weight is 390 g/mol. The molecule has 1 heterocycles. The first-order chi connectivity index (χ1) is 13.4. The molecule has 28 heavy (non-hydrogen) atoms. The van der Waals surface area contributed by atoms with Crippen molar-refractivity contribution in [2.45, 2.75) is 38.2 Å². The molecule has 1 aromatic rings. The van der Waals surface area contributed by atoms with Gasteiger partial charge in [-0.25, -0.2) is 0 Å². The Labute approximate surface area is 165 Å². The van der Waals surface area contributed by atoms with E-state index in [1.807, 2.05) is 29.2 Å². The van der Waals surface area contributed by atoms with E-state index in [9.17, 15) is 19.8 Å². The van der Waals surface area contributed by atoms with Crippen molar-refractivity contribution in [3.8, 4) is 5.75 Å². The summed E-state index contributed by atoms with van der Waals surface area (Å²) in [5.41, 5.74) is -0.0421. The fraction of sp³-hybridized carbons (Fsp3) is 0.619. The van der Waals surface area contributed by atoms with E-state index in [1.54, 1.807) is 7.11 Å². The van der Waals surface area contributed by atoms with Gasteiger partial charge in [-0.15, -0.1) is 0 Å². The number of carbonyl (C=O) groups is 2. The van der Waals surface area contributed by atoms with E-state index >= 15 is 0 Å². The number of ether oxygens (including phenoxy) is 1. The number of hydrogen-bond acceptors (Lipinski definition) is 5. The summed E-state index contributed by atoms with van der Waals surface area (Å²) in [6.45, 7) is 1.45. The molecule has 0 aromatic heterocycles. The zero-order chi connectivity index (χ0) is 20.1. The van der Waals surface area contributed by atoms with Gasteiger partial charge in [-0.3, -0.25) is 14.5 Å². The van der Waals surface area contributed by atoms with E-state index in [0.29, 0.717) is 31.8 Å². The molecule has 0 spiro atoms. The van der Waals surface area contributed by atoms with Crippen molar-refractivity contribution in [2.24, 2.45) is 11.3 Å². The molecule has 7 nitrogen and oxygen atoms in total. The van der Waals surface area contributed by atoms with Crippen LogP contribution in [0.25, 0.3) is 0 Å². The van der Waals surface area contributed by atoms with E-state index in [-0.39, 0.29) is 19.0 Å². The van der Waals surface area contributed by atoms with Crippen LogP contribution in [0.1, 0.15) is 31.2 Å².